The minimum atomic E-state index is -1.10. The van der Waals surface area contributed by atoms with E-state index in [0.717, 1.165) is 24.3 Å². The lowest BCUT2D eigenvalue weighted by Gasteiger charge is -2.16. The van der Waals surface area contributed by atoms with Crippen molar-refractivity contribution >= 4 is 64.4 Å². The van der Waals surface area contributed by atoms with Crippen LogP contribution in [0.5, 0.6) is 0 Å². The van der Waals surface area contributed by atoms with Gasteiger partial charge in [0.2, 0.25) is 0 Å². The third-order valence-corrected chi connectivity index (χ3v) is 8.16. The van der Waals surface area contributed by atoms with E-state index in [-0.39, 0.29) is 80.7 Å². The summed E-state index contributed by atoms with van der Waals surface area (Å²) in [5.41, 5.74) is -1.98. The molecular weight excluding hydrogens is 925 g/mol. The van der Waals surface area contributed by atoms with Crippen LogP contribution in [0.4, 0.5) is 0 Å². The number of hydrogen-bond acceptors (Lipinski definition) is 11. The molecule has 0 amide bonds. The first-order chi connectivity index (χ1) is 31.5. The number of carboxylic acids is 4. The Hall–Kier alpha value is -6.25. The van der Waals surface area contributed by atoms with Crippen molar-refractivity contribution in [1.29, 1.82) is 0 Å². The van der Waals surface area contributed by atoms with Gasteiger partial charge in [-0.3, -0.25) is 38.4 Å². The molecule has 0 aliphatic carbocycles. The number of hydrogen-bond donors (Lipinski definition) is 4. The van der Waals surface area contributed by atoms with Crippen molar-refractivity contribution in [1.82, 2.24) is 0 Å². The maximum atomic E-state index is 11.3. The summed E-state index contributed by atoms with van der Waals surface area (Å²) in [6.45, 7) is 55.2. The minimum Gasteiger partial charge on any atom is -0.481 e. The summed E-state index contributed by atoms with van der Waals surface area (Å²) in [7, 11) is 0. The van der Waals surface area contributed by atoms with Crippen molar-refractivity contribution in [3.63, 3.8) is 0 Å². The van der Waals surface area contributed by atoms with Gasteiger partial charge in [-0.25, -0.2) is 14.4 Å². The summed E-state index contributed by atoms with van der Waals surface area (Å²) in [5.74, 6) is -4.54. The van der Waals surface area contributed by atoms with Crippen molar-refractivity contribution in [2.24, 2.45) is 37.9 Å². The Kier molecular flexibility index (Phi) is 38.8. The first-order valence-electron chi connectivity index (χ1n) is 22.8. The summed E-state index contributed by atoms with van der Waals surface area (Å²) < 4.78 is 0. The van der Waals surface area contributed by atoms with E-state index < -0.39 is 45.5 Å². The van der Waals surface area contributed by atoms with Crippen LogP contribution in [0.1, 0.15) is 172 Å². The molecule has 0 atom stereocenters. The third kappa shape index (κ3) is 50.1. The molecule has 0 rings (SSSR count). The third-order valence-electron chi connectivity index (χ3n) is 8.16. The second-order valence-electron chi connectivity index (χ2n) is 23.4. The average Bonchev–Trinajstić information content (AvgIpc) is 3.16. The van der Waals surface area contributed by atoms with Crippen molar-refractivity contribution in [2.45, 2.75) is 172 Å². The van der Waals surface area contributed by atoms with Gasteiger partial charge in [-0.2, -0.15) is 0 Å². The van der Waals surface area contributed by atoms with Crippen LogP contribution in [0.15, 0.2) is 85.6 Å². The van der Waals surface area contributed by atoms with E-state index in [1.165, 1.54) is 6.08 Å². The minimum absolute atomic E-state index is 0.0464. The molecule has 0 aliphatic rings. The number of carboxylic acid groups (broad SMARTS) is 4. The molecule has 72 heavy (non-hydrogen) atoms. The molecule has 0 aliphatic heterocycles. The predicted octanol–water partition coefficient (Wildman–Crippen LogP) is 11.9. The molecule has 15 nitrogen and oxygen atoms in total. The Morgan fingerprint density at radius 1 is 0.389 bits per heavy atom. The van der Waals surface area contributed by atoms with Crippen LogP contribution in [-0.2, 0) is 52.7 Å². The number of carbonyl (C=O) groups is 11. The molecule has 15 heteroatoms. The zero-order valence-corrected chi connectivity index (χ0v) is 48.1. The number of aliphatic carboxylic acids is 4. The van der Waals surface area contributed by atoms with E-state index in [0.29, 0.717) is 5.57 Å². The fourth-order valence-corrected chi connectivity index (χ4v) is 3.47. The van der Waals surface area contributed by atoms with E-state index in [1.54, 1.807) is 102 Å². The molecular formula is C57H92O15. The summed E-state index contributed by atoms with van der Waals surface area (Å²) in [5, 5.41) is 33.2. The normalized spacial score (nSPS) is 11.4. The highest BCUT2D eigenvalue weighted by atomic mass is 16.4. The highest BCUT2D eigenvalue weighted by molar-refractivity contribution is 6.02. The molecule has 0 aromatic heterocycles. The Balaban J connectivity index is -0.000000138. The topological polar surface area (TPSA) is 269 Å². The monoisotopic (exact) mass is 1020 g/mol. The zero-order valence-electron chi connectivity index (χ0n) is 48.1. The Bertz CT molecular complexity index is 1970. The van der Waals surface area contributed by atoms with Gasteiger partial charge in [-0.1, -0.05) is 178 Å². The largest absolute Gasteiger partial charge is 0.481 e. The molecule has 0 aromatic rings. The van der Waals surface area contributed by atoms with Gasteiger partial charge in [0.1, 0.15) is 5.78 Å². The van der Waals surface area contributed by atoms with Crippen molar-refractivity contribution in [3.05, 3.63) is 85.6 Å². The Morgan fingerprint density at radius 2 is 0.681 bits per heavy atom. The van der Waals surface area contributed by atoms with Crippen LogP contribution >= 0.6 is 0 Å². The van der Waals surface area contributed by atoms with Crippen molar-refractivity contribution < 1.29 is 73.2 Å². The number of rotatable bonds is 13. The maximum absolute atomic E-state index is 11.3. The molecule has 0 fully saturated rings. The van der Waals surface area contributed by atoms with Crippen LogP contribution in [0.25, 0.3) is 0 Å². The SMILES string of the molecule is C/C=C/C(=O)C(C)(C)C.C=C(C)C(=O)C(C)(C)C.C=C(CC(=O)C(C)(C)C)C(=O)O.C=C(CC(=O)O)C(=O)C(C)(C)C.C=CC(=O)C(C)(C)C.CC(C)(C)C(=O)/C=C/C(=O)O.CC(C)(C)C(=O)/C=C\C(=O)O. The average molecular weight is 1020 g/mol. The highest BCUT2D eigenvalue weighted by Crippen LogP contribution is 2.22. The predicted molar refractivity (Wildman–Crippen MR) is 287 cm³/mol. The standard InChI is InChI=1S/2C9H14O3.2C8H12O3.2C8H14O.C7H12O/c1-6(5-7(10)11)8(12)9(2,3)4;1-6(8(11)12)5-7(10)9(2,3)4;2*1-8(2,3)6(9)4-5-7(10)11;1-6(2)7(9)8(3,4)5;1-5-6-7(9)8(2,3)4;1-5-6(8)7(2,3)4/h1,5H2,2-4H3,(H,10,11);1,5H2,2-4H3,(H,11,12);2*4-5H,1-3H3,(H,10,11);1H2,2-5H3;5-6H,1-4H3;5H,1H2,2-4H3/b;;5-4+;5-4-;;6-5+;. The van der Waals surface area contributed by atoms with Crippen LogP contribution in [0.2, 0.25) is 0 Å². The van der Waals surface area contributed by atoms with Crippen LogP contribution in [0.3, 0.4) is 0 Å². The molecule has 0 aromatic carbocycles. The molecule has 0 spiro atoms. The second kappa shape index (κ2) is 35.0. The van der Waals surface area contributed by atoms with E-state index in [9.17, 15) is 52.7 Å². The number of carbonyl (C=O) groups excluding carboxylic acids is 7. The summed E-state index contributed by atoms with van der Waals surface area (Å²) in [6, 6.07) is 0. The zero-order chi connectivity index (χ0) is 59.9. The van der Waals surface area contributed by atoms with Gasteiger partial charge in [-0.15, -0.1) is 0 Å². The van der Waals surface area contributed by atoms with E-state index in [1.807, 2.05) is 69.2 Å². The van der Waals surface area contributed by atoms with Crippen molar-refractivity contribution in [2.75, 3.05) is 0 Å². The molecule has 0 saturated heterocycles. The Labute approximate surface area is 431 Å². The number of Topliss-reactive ketones (excluding diaryl/α,β-unsaturated/α-hetero) is 3. The van der Waals surface area contributed by atoms with E-state index in [4.69, 9.17) is 20.4 Å². The van der Waals surface area contributed by atoms with Crippen LogP contribution in [-0.4, -0.2) is 84.8 Å². The summed E-state index contributed by atoms with van der Waals surface area (Å²) in [6.07, 6.45) is 8.29. The number of ketones is 7. The lowest BCUT2D eigenvalue weighted by molar-refractivity contribution is -0.137. The number of allylic oxidation sites excluding steroid dienone is 6. The molecule has 0 saturated carbocycles. The van der Waals surface area contributed by atoms with E-state index >= 15 is 0 Å². The maximum Gasteiger partial charge on any atom is 0.331 e. The lowest BCUT2D eigenvalue weighted by atomic mass is 9.86. The first kappa shape index (κ1) is 79.9. The van der Waals surface area contributed by atoms with Gasteiger partial charge in [-0.05, 0) is 49.3 Å². The molecule has 410 valence electrons. The fraction of sp³-hybridized carbons (Fsp3) is 0.561. The molecule has 0 unspecified atom stereocenters. The molecule has 0 heterocycles. The van der Waals surface area contributed by atoms with Gasteiger partial charge < -0.3 is 20.4 Å². The smallest absolute Gasteiger partial charge is 0.331 e. The van der Waals surface area contributed by atoms with Gasteiger partial charge in [0, 0.05) is 62.1 Å². The highest BCUT2D eigenvalue weighted by Gasteiger charge is 2.26. The summed E-state index contributed by atoms with van der Waals surface area (Å²) >= 11 is 0. The lowest BCUT2D eigenvalue weighted by Crippen LogP contribution is -2.22. The molecule has 0 bridgehead atoms. The second-order valence-corrected chi connectivity index (χ2v) is 23.4. The van der Waals surface area contributed by atoms with Gasteiger partial charge in [0.25, 0.3) is 0 Å². The first-order valence-corrected chi connectivity index (χ1v) is 22.8. The quantitative estimate of drug-likeness (QED) is 0.125. The van der Waals surface area contributed by atoms with Crippen LogP contribution < -0.4 is 0 Å². The molecule has 0 radical (unpaired) electrons. The Morgan fingerprint density at radius 3 is 0.819 bits per heavy atom. The van der Waals surface area contributed by atoms with E-state index in [2.05, 4.69) is 26.3 Å². The fourth-order valence-electron chi connectivity index (χ4n) is 3.47. The van der Waals surface area contributed by atoms with Gasteiger partial charge in [0.05, 0.1) is 6.42 Å². The van der Waals surface area contributed by atoms with Crippen molar-refractivity contribution in [3.8, 4) is 0 Å². The molecule has 4 N–H and O–H groups in total. The summed E-state index contributed by atoms with van der Waals surface area (Å²) in [4.78, 5) is 118. The van der Waals surface area contributed by atoms with Crippen LogP contribution in [0, 0.1) is 37.9 Å². The van der Waals surface area contributed by atoms with Gasteiger partial charge >= 0.3 is 23.9 Å². The van der Waals surface area contributed by atoms with Gasteiger partial charge in [0.15, 0.2) is 34.7 Å².